The quantitative estimate of drug-likeness (QED) is 0.430. The van der Waals surface area contributed by atoms with Gasteiger partial charge in [0.05, 0.1) is 0 Å². The predicted octanol–water partition coefficient (Wildman–Crippen LogP) is 3.11. The second-order valence-corrected chi connectivity index (χ2v) is 2.47. The number of hydrogen-bond donors (Lipinski definition) is 0. The smallest absolute Gasteiger partial charge is 0.0195 e. The summed E-state index contributed by atoms with van der Waals surface area (Å²) in [5, 5.41) is 0. The molecular weight excluding hydrogens is 134 g/mol. The molecule has 0 fully saturated rings. The third-order valence-corrected chi connectivity index (χ3v) is 1.25. The van der Waals surface area contributed by atoms with Gasteiger partial charge in [0.1, 0.15) is 0 Å². The zero-order valence-corrected chi connectivity index (χ0v) is 7.30. The van der Waals surface area contributed by atoms with Crippen molar-refractivity contribution < 1.29 is 0 Å². The SMILES string of the molecule is C=C/C=C(\C)CC(C)=NC=C. The number of rotatable bonds is 4. The highest BCUT2D eigenvalue weighted by atomic mass is 14.7. The third kappa shape index (κ3) is 5.34. The summed E-state index contributed by atoms with van der Waals surface area (Å²) in [4.78, 5) is 4.05. The molecule has 0 saturated heterocycles. The van der Waals surface area contributed by atoms with Crippen molar-refractivity contribution in [2.24, 2.45) is 4.99 Å². The standard InChI is InChI=1S/C10H15N/c1-5-7-9(3)8-10(4)11-6-2/h5-7H,1-2,8H2,3-4H3/b9-7+,11-10?. The lowest BCUT2D eigenvalue weighted by atomic mass is 10.1. The molecule has 0 aliphatic carbocycles. The van der Waals surface area contributed by atoms with Gasteiger partial charge in [0, 0.05) is 18.3 Å². The summed E-state index contributed by atoms with van der Waals surface area (Å²) >= 11 is 0. The van der Waals surface area contributed by atoms with Crippen molar-refractivity contribution in [3.05, 3.63) is 37.1 Å². The van der Waals surface area contributed by atoms with Crippen LogP contribution in [0.15, 0.2) is 42.1 Å². The summed E-state index contributed by atoms with van der Waals surface area (Å²) in [6.07, 6.45) is 6.24. The van der Waals surface area contributed by atoms with Gasteiger partial charge in [-0.1, -0.05) is 30.9 Å². The first-order chi connectivity index (χ1) is 5.20. The fraction of sp³-hybridized carbons (Fsp3) is 0.300. The van der Waals surface area contributed by atoms with Crippen molar-refractivity contribution >= 4 is 5.71 Å². The Labute approximate surface area is 68.9 Å². The molecule has 1 nitrogen and oxygen atoms in total. The van der Waals surface area contributed by atoms with Crippen LogP contribution >= 0.6 is 0 Å². The van der Waals surface area contributed by atoms with Gasteiger partial charge in [-0.15, -0.1) is 0 Å². The highest BCUT2D eigenvalue weighted by molar-refractivity contribution is 5.84. The lowest BCUT2D eigenvalue weighted by Crippen LogP contribution is -1.90. The van der Waals surface area contributed by atoms with Crippen molar-refractivity contribution in [3.8, 4) is 0 Å². The van der Waals surface area contributed by atoms with Crippen LogP contribution in [0.3, 0.4) is 0 Å². The van der Waals surface area contributed by atoms with Crippen LogP contribution in [0, 0.1) is 0 Å². The van der Waals surface area contributed by atoms with Crippen LogP contribution in [0.1, 0.15) is 20.3 Å². The van der Waals surface area contributed by atoms with Crippen LogP contribution in [-0.2, 0) is 0 Å². The van der Waals surface area contributed by atoms with Gasteiger partial charge in [0.2, 0.25) is 0 Å². The molecule has 0 radical (unpaired) electrons. The van der Waals surface area contributed by atoms with E-state index in [1.807, 2.05) is 13.0 Å². The first-order valence-corrected chi connectivity index (χ1v) is 3.63. The predicted molar refractivity (Wildman–Crippen MR) is 51.9 cm³/mol. The van der Waals surface area contributed by atoms with E-state index < -0.39 is 0 Å². The zero-order valence-electron chi connectivity index (χ0n) is 7.30. The van der Waals surface area contributed by atoms with Crippen molar-refractivity contribution in [1.82, 2.24) is 0 Å². The second-order valence-electron chi connectivity index (χ2n) is 2.47. The van der Waals surface area contributed by atoms with Crippen LogP contribution in [-0.4, -0.2) is 5.71 Å². The molecule has 0 spiro atoms. The maximum Gasteiger partial charge on any atom is 0.0195 e. The van der Waals surface area contributed by atoms with E-state index in [0.717, 1.165) is 12.1 Å². The van der Waals surface area contributed by atoms with Gasteiger partial charge in [0.15, 0.2) is 0 Å². The van der Waals surface area contributed by atoms with E-state index in [1.165, 1.54) is 5.57 Å². The lowest BCUT2D eigenvalue weighted by Gasteiger charge is -1.97. The molecule has 0 rings (SSSR count). The summed E-state index contributed by atoms with van der Waals surface area (Å²) in [7, 11) is 0. The third-order valence-electron chi connectivity index (χ3n) is 1.25. The molecule has 0 N–H and O–H groups in total. The summed E-state index contributed by atoms with van der Waals surface area (Å²) in [6, 6.07) is 0. The average molecular weight is 149 g/mol. The van der Waals surface area contributed by atoms with E-state index in [2.05, 4.69) is 25.1 Å². The summed E-state index contributed by atoms with van der Waals surface area (Å²) in [5.41, 5.74) is 2.35. The van der Waals surface area contributed by atoms with Gasteiger partial charge in [-0.25, -0.2) is 0 Å². The molecule has 0 aliphatic rings. The van der Waals surface area contributed by atoms with E-state index in [9.17, 15) is 0 Å². The van der Waals surface area contributed by atoms with Crippen LogP contribution in [0.2, 0.25) is 0 Å². The minimum Gasteiger partial charge on any atom is -0.266 e. The van der Waals surface area contributed by atoms with Crippen LogP contribution in [0.5, 0.6) is 0 Å². The monoisotopic (exact) mass is 149 g/mol. The Bertz CT molecular complexity index is 175. The van der Waals surface area contributed by atoms with Crippen molar-refractivity contribution in [1.29, 1.82) is 0 Å². The molecule has 0 unspecified atom stereocenters. The van der Waals surface area contributed by atoms with Gasteiger partial charge in [-0.2, -0.15) is 0 Å². The normalized spacial score (nSPS) is 12.9. The van der Waals surface area contributed by atoms with E-state index in [0.29, 0.717) is 0 Å². The Morgan fingerprint density at radius 3 is 2.45 bits per heavy atom. The first-order valence-electron chi connectivity index (χ1n) is 3.63. The minimum atomic E-state index is 0.901. The zero-order chi connectivity index (χ0) is 8.69. The molecule has 0 aromatic rings. The molecule has 60 valence electrons. The minimum absolute atomic E-state index is 0.901. The number of allylic oxidation sites excluding steroid dienone is 3. The van der Waals surface area contributed by atoms with E-state index >= 15 is 0 Å². The fourth-order valence-corrected chi connectivity index (χ4v) is 0.865. The molecule has 1 heteroatoms. The summed E-state index contributed by atoms with van der Waals surface area (Å²) < 4.78 is 0. The van der Waals surface area contributed by atoms with Crippen LogP contribution in [0.4, 0.5) is 0 Å². The molecular formula is C10H15N. The topological polar surface area (TPSA) is 12.4 Å². The Morgan fingerprint density at radius 2 is 2.00 bits per heavy atom. The highest BCUT2D eigenvalue weighted by Crippen LogP contribution is 2.01. The Morgan fingerprint density at radius 1 is 1.36 bits per heavy atom. The van der Waals surface area contributed by atoms with Crippen LogP contribution < -0.4 is 0 Å². The highest BCUT2D eigenvalue weighted by Gasteiger charge is 1.90. The van der Waals surface area contributed by atoms with Gasteiger partial charge in [-0.3, -0.25) is 4.99 Å². The average Bonchev–Trinajstić information content (AvgIpc) is 1.87. The van der Waals surface area contributed by atoms with Crippen molar-refractivity contribution in [3.63, 3.8) is 0 Å². The maximum atomic E-state index is 4.05. The fourth-order valence-electron chi connectivity index (χ4n) is 0.865. The molecule has 0 amide bonds. The maximum absolute atomic E-state index is 4.05. The Balaban J connectivity index is 4.03. The number of nitrogens with zero attached hydrogens (tertiary/aromatic N) is 1. The molecule has 0 aromatic heterocycles. The van der Waals surface area contributed by atoms with Crippen LogP contribution in [0.25, 0.3) is 0 Å². The Kier molecular flexibility index (Phi) is 5.09. The number of hydrogen-bond acceptors (Lipinski definition) is 1. The molecule has 0 bridgehead atoms. The van der Waals surface area contributed by atoms with Gasteiger partial charge >= 0.3 is 0 Å². The molecule has 0 saturated carbocycles. The Hall–Kier alpha value is -1.11. The van der Waals surface area contributed by atoms with Gasteiger partial charge in [-0.05, 0) is 13.8 Å². The van der Waals surface area contributed by atoms with E-state index in [1.54, 1.807) is 12.3 Å². The van der Waals surface area contributed by atoms with E-state index in [4.69, 9.17) is 0 Å². The summed E-state index contributed by atoms with van der Waals surface area (Å²) in [6.45, 7) is 11.2. The number of aliphatic imine (C=N–C) groups is 1. The molecule has 11 heavy (non-hydrogen) atoms. The molecule has 0 aliphatic heterocycles. The molecule has 0 aromatic carbocycles. The molecule has 0 atom stereocenters. The molecule has 0 heterocycles. The van der Waals surface area contributed by atoms with Crippen molar-refractivity contribution in [2.75, 3.05) is 0 Å². The lowest BCUT2D eigenvalue weighted by molar-refractivity contribution is 1.24. The van der Waals surface area contributed by atoms with E-state index in [-0.39, 0.29) is 0 Å². The summed E-state index contributed by atoms with van der Waals surface area (Å²) in [5.74, 6) is 0. The largest absolute Gasteiger partial charge is 0.266 e. The van der Waals surface area contributed by atoms with Gasteiger partial charge < -0.3 is 0 Å². The first kappa shape index (κ1) is 9.89. The second kappa shape index (κ2) is 5.66. The van der Waals surface area contributed by atoms with Gasteiger partial charge in [0.25, 0.3) is 0 Å². The van der Waals surface area contributed by atoms with Crippen molar-refractivity contribution in [2.45, 2.75) is 20.3 Å².